The first-order valence-electron chi connectivity index (χ1n) is 5.96. The number of likely N-dealkylation sites (tertiary alicyclic amines) is 1. The zero-order valence-electron chi connectivity index (χ0n) is 9.87. The third-order valence-corrected chi connectivity index (χ3v) is 3.53. The van der Waals surface area contributed by atoms with E-state index >= 15 is 0 Å². The molecule has 1 aromatic heterocycles. The molecule has 9 heteroatoms. The summed E-state index contributed by atoms with van der Waals surface area (Å²) in [6, 6.07) is 0.157. The Balaban J connectivity index is 1.74. The maximum Gasteiger partial charge on any atom is 0.453 e. The van der Waals surface area contributed by atoms with Crippen molar-refractivity contribution in [3.05, 3.63) is 11.6 Å². The van der Waals surface area contributed by atoms with Gasteiger partial charge < -0.3 is 10.2 Å². The SMILES string of the molecule is O=C1C[C@H]2NCC[C@H]2N1Cc1nc(C(F)(F)F)n[nH]1. The van der Waals surface area contributed by atoms with E-state index in [0.717, 1.165) is 13.0 Å². The summed E-state index contributed by atoms with van der Waals surface area (Å²) >= 11 is 0. The maximum absolute atomic E-state index is 12.4. The van der Waals surface area contributed by atoms with Crippen LogP contribution < -0.4 is 5.32 Å². The van der Waals surface area contributed by atoms with Crippen molar-refractivity contribution >= 4 is 5.91 Å². The minimum Gasteiger partial charge on any atom is -0.331 e. The van der Waals surface area contributed by atoms with Gasteiger partial charge in [-0.3, -0.25) is 9.89 Å². The van der Waals surface area contributed by atoms with Gasteiger partial charge in [0.15, 0.2) is 0 Å². The molecule has 0 aliphatic carbocycles. The van der Waals surface area contributed by atoms with Crippen molar-refractivity contribution in [2.45, 2.75) is 37.6 Å². The van der Waals surface area contributed by atoms with Crippen LogP contribution in [0.3, 0.4) is 0 Å². The molecule has 104 valence electrons. The van der Waals surface area contributed by atoms with E-state index in [4.69, 9.17) is 0 Å². The second-order valence-corrected chi connectivity index (χ2v) is 4.75. The van der Waals surface area contributed by atoms with Crippen LogP contribution in [0.2, 0.25) is 0 Å². The predicted octanol–water partition coefficient (Wildman–Crippen LogP) is 0.286. The number of amides is 1. The Hall–Kier alpha value is -1.64. The van der Waals surface area contributed by atoms with Crippen LogP contribution in [-0.2, 0) is 17.5 Å². The van der Waals surface area contributed by atoms with Crippen LogP contribution in [0.1, 0.15) is 24.5 Å². The Morgan fingerprint density at radius 2 is 2.21 bits per heavy atom. The highest BCUT2D eigenvalue weighted by atomic mass is 19.4. The number of nitrogens with zero attached hydrogens (tertiary/aromatic N) is 3. The number of H-pyrrole nitrogens is 1. The number of aromatic nitrogens is 3. The van der Waals surface area contributed by atoms with Gasteiger partial charge in [-0.25, -0.2) is 4.98 Å². The largest absolute Gasteiger partial charge is 0.453 e. The van der Waals surface area contributed by atoms with Gasteiger partial charge in [0.25, 0.3) is 5.82 Å². The van der Waals surface area contributed by atoms with Crippen LogP contribution in [0.4, 0.5) is 13.2 Å². The lowest BCUT2D eigenvalue weighted by atomic mass is 10.1. The molecule has 0 saturated carbocycles. The van der Waals surface area contributed by atoms with Crippen molar-refractivity contribution in [1.82, 2.24) is 25.4 Å². The fraction of sp³-hybridized carbons (Fsp3) is 0.700. The number of rotatable bonds is 2. The Labute approximate surface area is 106 Å². The summed E-state index contributed by atoms with van der Waals surface area (Å²) in [6.45, 7) is 0.869. The summed E-state index contributed by atoms with van der Waals surface area (Å²) in [4.78, 5) is 16.8. The Morgan fingerprint density at radius 3 is 2.89 bits per heavy atom. The van der Waals surface area contributed by atoms with Crippen molar-refractivity contribution in [2.24, 2.45) is 0 Å². The van der Waals surface area contributed by atoms with E-state index in [2.05, 4.69) is 20.5 Å². The summed E-state index contributed by atoms with van der Waals surface area (Å²) in [5.41, 5.74) is 0. The van der Waals surface area contributed by atoms with Crippen molar-refractivity contribution in [1.29, 1.82) is 0 Å². The predicted molar refractivity (Wildman–Crippen MR) is 56.7 cm³/mol. The van der Waals surface area contributed by atoms with Gasteiger partial charge in [-0.2, -0.15) is 13.2 Å². The summed E-state index contributed by atoms with van der Waals surface area (Å²) in [5, 5.41) is 8.58. The van der Waals surface area contributed by atoms with Crippen molar-refractivity contribution in [2.75, 3.05) is 6.54 Å². The van der Waals surface area contributed by atoms with Gasteiger partial charge in [0, 0.05) is 18.5 Å². The molecule has 2 N–H and O–H groups in total. The van der Waals surface area contributed by atoms with E-state index in [1.807, 2.05) is 0 Å². The molecule has 1 amide bonds. The topological polar surface area (TPSA) is 73.9 Å². The van der Waals surface area contributed by atoms with Gasteiger partial charge in [-0.1, -0.05) is 0 Å². The summed E-state index contributed by atoms with van der Waals surface area (Å²) in [5.74, 6) is -1.20. The lowest BCUT2D eigenvalue weighted by Gasteiger charge is -2.21. The molecule has 19 heavy (non-hydrogen) atoms. The lowest BCUT2D eigenvalue weighted by Crippen LogP contribution is -2.35. The quantitative estimate of drug-likeness (QED) is 0.813. The minimum atomic E-state index is -4.57. The average Bonchev–Trinajstić information content (AvgIpc) is 2.96. The number of fused-ring (bicyclic) bond motifs is 1. The third kappa shape index (κ3) is 2.18. The molecule has 2 aliphatic heterocycles. The third-order valence-electron chi connectivity index (χ3n) is 3.53. The van der Waals surface area contributed by atoms with Gasteiger partial charge in [0.05, 0.1) is 6.54 Å². The minimum absolute atomic E-state index is 0.0464. The molecule has 0 spiro atoms. The second-order valence-electron chi connectivity index (χ2n) is 4.75. The number of hydrogen-bond acceptors (Lipinski definition) is 4. The Kier molecular flexibility index (Phi) is 2.73. The smallest absolute Gasteiger partial charge is 0.331 e. The number of halogens is 3. The molecule has 2 fully saturated rings. The van der Waals surface area contributed by atoms with Crippen LogP contribution in [0.5, 0.6) is 0 Å². The Bertz CT molecular complexity index is 500. The molecule has 1 aromatic rings. The van der Waals surface area contributed by atoms with E-state index in [1.165, 1.54) is 0 Å². The van der Waals surface area contributed by atoms with Gasteiger partial charge in [0.2, 0.25) is 5.91 Å². The molecule has 0 bridgehead atoms. The molecular weight excluding hydrogens is 263 g/mol. The molecule has 0 unspecified atom stereocenters. The zero-order chi connectivity index (χ0) is 13.6. The van der Waals surface area contributed by atoms with Gasteiger partial charge in [-0.15, -0.1) is 5.10 Å². The van der Waals surface area contributed by atoms with Gasteiger partial charge in [-0.05, 0) is 13.0 Å². The van der Waals surface area contributed by atoms with Crippen molar-refractivity contribution in [3.8, 4) is 0 Å². The molecule has 2 atom stereocenters. The fourth-order valence-corrected chi connectivity index (χ4v) is 2.69. The summed E-state index contributed by atoms with van der Waals surface area (Å²) in [7, 11) is 0. The van der Waals surface area contributed by atoms with Crippen LogP contribution in [0.25, 0.3) is 0 Å². The number of nitrogens with one attached hydrogen (secondary N) is 2. The van der Waals surface area contributed by atoms with Crippen LogP contribution in [0, 0.1) is 0 Å². The van der Waals surface area contributed by atoms with Crippen molar-refractivity contribution < 1.29 is 18.0 Å². The first kappa shape index (κ1) is 12.4. The number of aromatic amines is 1. The normalized spacial score (nSPS) is 27.1. The fourth-order valence-electron chi connectivity index (χ4n) is 2.69. The van der Waals surface area contributed by atoms with E-state index < -0.39 is 12.0 Å². The van der Waals surface area contributed by atoms with E-state index in [9.17, 15) is 18.0 Å². The second kappa shape index (κ2) is 4.19. The Morgan fingerprint density at radius 1 is 1.42 bits per heavy atom. The highest BCUT2D eigenvalue weighted by Crippen LogP contribution is 2.28. The van der Waals surface area contributed by atoms with Crippen LogP contribution in [0.15, 0.2) is 0 Å². The summed E-state index contributed by atoms with van der Waals surface area (Å²) in [6.07, 6.45) is -3.36. The standard InChI is InChI=1S/C10H12F3N5O/c11-10(12,13)9-15-7(16-17-9)4-18-6-1-2-14-5(6)3-8(18)19/h5-6,14H,1-4H2,(H,15,16,17)/t5-,6-/m1/s1. The first-order chi connectivity index (χ1) is 8.95. The number of alkyl halides is 3. The summed E-state index contributed by atoms with van der Waals surface area (Å²) < 4.78 is 37.1. The number of carbonyl (C=O) groups excluding carboxylic acids is 1. The highest BCUT2D eigenvalue weighted by molar-refractivity contribution is 5.80. The molecule has 6 nitrogen and oxygen atoms in total. The molecule has 0 radical (unpaired) electrons. The number of hydrogen-bond donors (Lipinski definition) is 2. The molecule has 3 rings (SSSR count). The molecule has 2 aliphatic rings. The van der Waals surface area contributed by atoms with Crippen LogP contribution >= 0.6 is 0 Å². The van der Waals surface area contributed by atoms with Crippen molar-refractivity contribution in [3.63, 3.8) is 0 Å². The molecule has 0 aromatic carbocycles. The van der Waals surface area contributed by atoms with Gasteiger partial charge >= 0.3 is 6.18 Å². The zero-order valence-corrected chi connectivity index (χ0v) is 9.87. The van der Waals surface area contributed by atoms with E-state index in [-0.39, 0.29) is 30.4 Å². The molecule has 2 saturated heterocycles. The van der Waals surface area contributed by atoms with E-state index in [0.29, 0.717) is 6.42 Å². The number of carbonyl (C=O) groups is 1. The molecule has 3 heterocycles. The monoisotopic (exact) mass is 275 g/mol. The lowest BCUT2D eigenvalue weighted by molar-refractivity contribution is -0.144. The first-order valence-corrected chi connectivity index (χ1v) is 5.96. The van der Waals surface area contributed by atoms with Crippen LogP contribution in [-0.4, -0.2) is 44.6 Å². The van der Waals surface area contributed by atoms with E-state index in [1.54, 1.807) is 4.90 Å². The maximum atomic E-state index is 12.4. The average molecular weight is 275 g/mol. The van der Waals surface area contributed by atoms with Gasteiger partial charge in [0.1, 0.15) is 5.82 Å². The molecular formula is C10H12F3N5O. The highest BCUT2D eigenvalue weighted by Gasteiger charge is 2.43.